The van der Waals surface area contributed by atoms with E-state index in [-0.39, 0.29) is 0 Å². The third-order valence-electron chi connectivity index (χ3n) is 3.77. The molecule has 0 heterocycles. The highest BCUT2D eigenvalue weighted by molar-refractivity contribution is 4.78. The number of nitrogens with zero attached hydrogens (tertiary/aromatic N) is 1. The number of hydrogen-bond acceptors (Lipinski definition) is 2. The Labute approximate surface area is 115 Å². The quantitative estimate of drug-likeness (QED) is 0.568. The standard InChI is InChI=1S/C16H34N2/c1-14(2)12-17-10-6-5-7-11-18(15(3)4)13-16-8-9-16/h14-17H,5-13H2,1-4H3. The number of hydrogen-bond donors (Lipinski definition) is 1. The summed E-state index contributed by atoms with van der Waals surface area (Å²) in [6.45, 7) is 14.2. The molecule has 1 aliphatic rings. The maximum absolute atomic E-state index is 3.52. The zero-order chi connectivity index (χ0) is 13.4. The van der Waals surface area contributed by atoms with E-state index in [0.717, 1.165) is 17.9 Å². The van der Waals surface area contributed by atoms with Crippen LogP contribution in [0.2, 0.25) is 0 Å². The van der Waals surface area contributed by atoms with Crippen LogP contribution in [0, 0.1) is 11.8 Å². The van der Waals surface area contributed by atoms with Crippen molar-refractivity contribution < 1.29 is 0 Å². The van der Waals surface area contributed by atoms with Crippen LogP contribution in [0.3, 0.4) is 0 Å². The molecule has 1 saturated carbocycles. The van der Waals surface area contributed by atoms with Gasteiger partial charge in [0.1, 0.15) is 0 Å². The largest absolute Gasteiger partial charge is 0.316 e. The second-order valence-corrected chi connectivity index (χ2v) is 6.69. The van der Waals surface area contributed by atoms with Gasteiger partial charge in [-0.05, 0) is 71.0 Å². The Kier molecular flexibility index (Phi) is 7.92. The van der Waals surface area contributed by atoms with Crippen LogP contribution in [0.15, 0.2) is 0 Å². The summed E-state index contributed by atoms with van der Waals surface area (Å²) in [5, 5.41) is 3.52. The number of rotatable bonds is 11. The molecule has 1 N–H and O–H groups in total. The van der Waals surface area contributed by atoms with Gasteiger partial charge in [0.2, 0.25) is 0 Å². The van der Waals surface area contributed by atoms with E-state index in [0.29, 0.717) is 0 Å². The second-order valence-electron chi connectivity index (χ2n) is 6.69. The van der Waals surface area contributed by atoms with Gasteiger partial charge in [-0.2, -0.15) is 0 Å². The highest BCUT2D eigenvalue weighted by Crippen LogP contribution is 2.30. The minimum absolute atomic E-state index is 0.727. The second kappa shape index (κ2) is 8.92. The summed E-state index contributed by atoms with van der Waals surface area (Å²) in [5.41, 5.74) is 0. The van der Waals surface area contributed by atoms with Crippen molar-refractivity contribution in [3.05, 3.63) is 0 Å². The van der Waals surface area contributed by atoms with Gasteiger partial charge >= 0.3 is 0 Å². The summed E-state index contributed by atoms with van der Waals surface area (Å²) < 4.78 is 0. The SMILES string of the molecule is CC(C)CNCCCCCN(CC1CC1)C(C)C. The van der Waals surface area contributed by atoms with E-state index in [1.165, 1.54) is 58.3 Å². The number of nitrogens with one attached hydrogen (secondary N) is 1. The van der Waals surface area contributed by atoms with Gasteiger partial charge in [0.05, 0.1) is 0 Å². The first-order valence-corrected chi connectivity index (χ1v) is 8.04. The van der Waals surface area contributed by atoms with Crippen molar-refractivity contribution in [1.29, 1.82) is 0 Å². The molecule has 0 bridgehead atoms. The lowest BCUT2D eigenvalue weighted by molar-refractivity contribution is 0.208. The van der Waals surface area contributed by atoms with Crippen molar-refractivity contribution in [2.24, 2.45) is 11.8 Å². The molecule has 0 aromatic rings. The van der Waals surface area contributed by atoms with Crippen LogP contribution in [0.5, 0.6) is 0 Å². The third-order valence-corrected chi connectivity index (χ3v) is 3.77. The molecule has 0 spiro atoms. The number of unbranched alkanes of at least 4 members (excludes halogenated alkanes) is 2. The van der Waals surface area contributed by atoms with Crippen LogP contribution in [0.1, 0.15) is 59.8 Å². The van der Waals surface area contributed by atoms with Crippen LogP contribution in [-0.4, -0.2) is 37.1 Å². The zero-order valence-corrected chi connectivity index (χ0v) is 13.0. The van der Waals surface area contributed by atoms with Crippen LogP contribution in [-0.2, 0) is 0 Å². The topological polar surface area (TPSA) is 15.3 Å². The van der Waals surface area contributed by atoms with Gasteiger partial charge in [-0.15, -0.1) is 0 Å². The first-order valence-electron chi connectivity index (χ1n) is 8.04. The average molecular weight is 254 g/mol. The molecular formula is C16H34N2. The normalized spacial score (nSPS) is 16.2. The summed E-state index contributed by atoms with van der Waals surface area (Å²) in [4.78, 5) is 2.68. The summed E-state index contributed by atoms with van der Waals surface area (Å²) in [6.07, 6.45) is 7.03. The minimum Gasteiger partial charge on any atom is -0.316 e. The van der Waals surface area contributed by atoms with Crippen molar-refractivity contribution in [2.75, 3.05) is 26.2 Å². The molecule has 2 nitrogen and oxygen atoms in total. The molecule has 108 valence electrons. The summed E-state index contributed by atoms with van der Waals surface area (Å²) >= 11 is 0. The molecular weight excluding hydrogens is 220 g/mol. The first kappa shape index (κ1) is 16.0. The molecule has 0 radical (unpaired) electrons. The third kappa shape index (κ3) is 8.10. The fourth-order valence-electron chi connectivity index (χ4n) is 2.32. The van der Waals surface area contributed by atoms with Gasteiger partial charge in [-0.3, -0.25) is 0 Å². The lowest BCUT2D eigenvalue weighted by Crippen LogP contribution is -2.33. The van der Waals surface area contributed by atoms with Gasteiger partial charge in [-0.1, -0.05) is 20.3 Å². The lowest BCUT2D eigenvalue weighted by atomic mass is 10.2. The maximum atomic E-state index is 3.52. The van der Waals surface area contributed by atoms with Gasteiger partial charge in [0, 0.05) is 12.6 Å². The molecule has 2 heteroatoms. The van der Waals surface area contributed by atoms with E-state index < -0.39 is 0 Å². The van der Waals surface area contributed by atoms with E-state index in [9.17, 15) is 0 Å². The van der Waals surface area contributed by atoms with Crippen LogP contribution in [0.25, 0.3) is 0 Å². The molecule has 1 rings (SSSR count). The molecule has 0 aliphatic heterocycles. The summed E-state index contributed by atoms with van der Waals surface area (Å²) in [7, 11) is 0. The smallest absolute Gasteiger partial charge is 0.00387 e. The van der Waals surface area contributed by atoms with Gasteiger partial charge in [-0.25, -0.2) is 0 Å². The molecule has 18 heavy (non-hydrogen) atoms. The Bertz CT molecular complexity index is 197. The monoisotopic (exact) mass is 254 g/mol. The predicted molar refractivity (Wildman–Crippen MR) is 81.0 cm³/mol. The van der Waals surface area contributed by atoms with E-state index in [1.807, 2.05) is 0 Å². The Balaban J connectivity index is 1.94. The Morgan fingerprint density at radius 3 is 2.33 bits per heavy atom. The van der Waals surface area contributed by atoms with Crippen molar-refractivity contribution >= 4 is 0 Å². The van der Waals surface area contributed by atoms with Crippen LogP contribution >= 0.6 is 0 Å². The summed E-state index contributed by atoms with van der Waals surface area (Å²) in [6, 6.07) is 0.727. The minimum atomic E-state index is 0.727. The molecule has 0 aromatic heterocycles. The van der Waals surface area contributed by atoms with E-state index >= 15 is 0 Å². The molecule has 1 fully saturated rings. The Hall–Kier alpha value is -0.0800. The van der Waals surface area contributed by atoms with Crippen molar-refractivity contribution in [3.63, 3.8) is 0 Å². The Morgan fingerprint density at radius 1 is 1.06 bits per heavy atom. The average Bonchev–Trinajstić information content (AvgIpc) is 3.09. The molecule has 0 saturated heterocycles. The first-order chi connectivity index (χ1) is 8.59. The molecule has 0 amide bonds. The van der Waals surface area contributed by atoms with Crippen LogP contribution < -0.4 is 5.32 Å². The highest BCUT2D eigenvalue weighted by Gasteiger charge is 2.24. The van der Waals surface area contributed by atoms with Crippen molar-refractivity contribution in [2.45, 2.75) is 65.8 Å². The Morgan fingerprint density at radius 2 is 1.78 bits per heavy atom. The van der Waals surface area contributed by atoms with Gasteiger partial charge < -0.3 is 10.2 Å². The van der Waals surface area contributed by atoms with E-state index in [2.05, 4.69) is 37.9 Å². The molecule has 0 atom stereocenters. The van der Waals surface area contributed by atoms with Crippen LogP contribution in [0.4, 0.5) is 0 Å². The van der Waals surface area contributed by atoms with Crippen molar-refractivity contribution in [1.82, 2.24) is 10.2 Å². The lowest BCUT2D eigenvalue weighted by Gasteiger charge is -2.26. The van der Waals surface area contributed by atoms with E-state index in [1.54, 1.807) is 0 Å². The summed E-state index contributed by atoms with van der Waals surface area (Å²) in [5.74, 6) is 1.81. The fraction of sp³-hybridized carbons (Fsp3) is 1.00. The van der Waals surface area contributed by atoms with E-state index in [4.69, 9.17) is 0 Å². The molecule has 0 aromatic carbocycles. The predicted octanol–water partition coefficient (Wildman–Crippen LogP) is 3.52. The zero-order valence-electron chi connectivity index (χ0n) is 13.0. The fourth-order valence-corrected chi connectivity index (χ4v) is 2.32. The van der Waals surface area contributed by atoms with Crippen molar-refractivity contribution in [3.8, 4) is 0 Å². The highest BCUT2D eigenvalue weighted by atomic mass is 15.1. The maximum Gasteiger partial charge on any atom is 0.00387 e. The van der Waals surface area contributed by atoms with Gasteiger partial charge in [0.15, 0.2) is 0 Å². The molecule has 1 aliphatic carbocycles. The molecule has 0 unspecified atom stereocenters. The van der Waals surface area contributed by atoms with Gasteiger partial charge in [0.25, 0.3) is 0 Å².